The zero-order valence-electron chi connectivity index (χ0n) is 15.7. The Morgan fingerprint density at radius 1 is 1.04 bits per heavy atom. The van der Waals surface area contributed by atoms with Crippen molar-refractivity contribution in [3.63, 3.8) is 0 Å². The van der Waals surface area contributed by atoms with Gasteiger partial charge in [0.15, 0.2) is 5.78 Å². The highest BCUT2D eigenvalue weighted by Crippen LogP contribution is 2.67. The SMILES string of the molecule is C[C@]12CC[C@H](O)C[C@@H]1CC[C@H]1[C@@H]3CC[C@H](C(=O)CO)[C@@]3(C)CC(O)[C@@H]12. The molecule has 4 heteroatoms. The first-order valence-corrected chi connectivity index (χ1v) is 10.3. The Balaban J connectivity index is 1.65. The van der Waals surface area contributed by atoms with E-state index in [9.17, 15) is 20.1 Å². The zero-order chi connectivity index (χ0) is 18.0. The average Bonchev–Trinajstić information content (AvgIpc) is 2.91. The molecule has 4 nitrogen and oxygen atoms in total. The minimum atomic E-state index is -0.366. The molecule has 0 bridgehead atoms. The lowest BCUT2D eigenvalue weighted by Crippen LogP contribution is -2.59. The van der Waals surface area contributed by atoms with Crippen LogP contribution in [0.25, 0.3) is 0 Å². The van der Waals surface area contributed by atoms with Crippen molar-refractivity contribution in [2.75, 3.05) is 6.61 Å². The molecule has 0 aromatic carbocycles. The van der Waals surface area contributed by atoms with Crippen LogP contribution in [0, 0.1) is 40.4 Å². The maximum absolute atomic E-state index is 12.3. The van der Waals surface area contributed by atoms with Gasteiger partial charge >= 0.3 is 0 Å². The van der Waals surface area contributed by atoms with Gasteiger partial charge in [-0.05, 0) is 85.9 Å². The lowest BCUT2D eigenvalue weighted by molar-refractivity contribution is -0.179. The van der Waals surface area contributed by atoms with Gasteiger partial charge in [0, 0.05) is 5.92 Å². The predicted octanol–water partition coefficient (Wildman–Crippen LogP) is 2.54. The van der Waals surface area contributed by atoms with Gasteiger partial charge in [-0.3, -0.25) is 4.79 Å². The molecule has 0 amide bonds. The molecule has 0 heterocycles. The summed E-state index contributed by atoms with van der Waals surface area (Å²) in [5.41, 5.74) is -0.0280. The zero-order valence-corrected chi connectivity index (χ0v) is 15.7. The Labute approximate surface area is 151 Å². The first-order valence-electron chi connectivity index (χ1n) is 10.3. The highest BCUT2D eigenvalue weighted by atomic mass is 16.3. The van der Waals surface area contributed by atoms with E-state index in [2.05, 4.69) is 13.8 Å². The Bertz CT molecular complexity index is 548. The lowest BCUT2D eigenvalue weighted by atomic mass is 9.44. The summed E-state index contributed by atoms with van der Waals surface area (Å²) in [4.78, 5) is 12.3. The summed E-state index contributed by atoms with van der Waals surface area (Å²) in [7, 11) is 0. The Morgan fingerprint density at radius 3 is 2.52 bits per heavy atom. The first kappa shape index (κ1) is 17.9. The number of ketones is 1. The molecule has 4 aliphatic carbocycles. The van der Waals surface area contributed by atoms with Crippen molar-refractivity contribution < 1.29 is 20.1 Å². The second-order valence-corrected chi connectivity index (χ2v) is 10.0. The van der Waals surface area contributed by atoms with Gasteiger partial charge in [0.2, 0.25) is 0 Å². The molecule has 0 aromatic heterocycles. The Kier molecular flexibility index (Phi) is 4.33. The summed E-state index contributed by atoms with van der Waals surface area (Å²) in [6, 6.07) is 0. The summed E-state index contributed by atoms with van der Waals surface area (Å²) in [5, 5.41) is 30.7. The fourth-order valence-corrected chi connectivity index (χ4v) is 8.00. The van der Waals surface area contributed by atoms with Gasteiger partial charge in [-0.25, -0.2) is 0 Å². The molecule has 3 N–H and O–H groups in total. The first-order chi connectivity index (χ1) is 11.8. The van der Waals surface area contributed by atoms with Crippen molar-refractivity contribution in [3.8, 4) is 0 Å². The van der Waals surface area contributed by atoms with E-state index in [1.54, 1.807) is 0 Å². The number of aliphatic hydroxyl groups excluding tert-OH is 3. The summed E-state index contributed by atoms with van der Waals surface area (Å²) < 4.78 is 0. The number of carbonyl (C=O) groups excluding carboxylic acids is 1. The molecule has 0 radical (unpaired) electrons. The summed E-state index contributed by atoms with van der Waals surface area (Å²) in [5.74, 6) is 1.69. The van der Waals surface area contributed by atoms with Crippen LogP contribution in [0.4, 0.5) is 0 Å². The molecule has 0 spiro atoms. The van der Waals surface area contributed by atoms with Gasteiger partial charge < -0.3 is 15.3 Å². The summed E-state index contributed by atoms with van der Waals surface area (Å²) in [6.07, 6.45) is 7.12. The minimum Gasteiger partial charge on any atom is -0.393 e. The number of carbonyl (C=O) groups is 1. The van der Waals surface area contributed by atoms with Crippen LogP contribution >= 0.6 is 0 Å². The normalized spacial score (nSPS) is 55.2. The second kappa shape index (κ2) is 6.03. The highest BCUT2D eigenvalue weighted by Gasteiger charge is 2.63. The number of rotatable bonds is 2. The number of hydrogen-bond acceptors (Lipinski definition) is 4. The van der Waals surface area contributed by atoms with Crippen LogP contribution in [-0.4, -0.2) is 39.9 Å². The van der Waals surface area contributed by atoms with Crippen molar-refractivity contribution in [2.24, 2.45) is 40.4 Å². The Morgan fingerprint density at radius 2 is 1.80 bits per heavy atom. The highest BCUT2D eigenvalue weighted by molar-refractivity contribution is 5.83. The molecule has 4 fully saturated rings. The van der Waals surface area contributed by atoms with E-state index in [0.717, 1.165) is 44.9 Å². The minimum absolute atomic E-state index is 0.0312. The van der Waals surface area contributed by atoms with Crippen molar-refractivity contribution in [2.45, 2.75) is 77.4 Å². The van der Waals surface area contributed by atoms with Gasteiger partial charge in [-0.2, -0.15) is 0 Å². The molecule has 0 aliphatic heterocycles. The molecule has 4 saturated carbocycles. The topological polar surface area (TPSA) is 77.8 Å². The molecular weight excluding hydrogens is 316 g/mol. The van der Waals surface area contributed by atoms with E-state index in [4.69, 9.17) is 0 Å². The van der Waals surface area contributed by atoms with Crippen LogP contribution in [0.1, 0.15) is 65.2 Å². The van der Waals surface area contributed by atoms with Crippen molar-refractivity contribution in [1.29, 1.82) is 0 Å². The van der Waals surface area contributed by atoms with Crippen LogP contribution in [0.3, 0.4) is 0 Å². The van der Waals surface area contributed by atoms with E-state index < -0.39 is 0 Å². The maximum atomic E-state index is 12.3. The van der Waals surface area contributed by atoms with Crippen LogP contribution in [0.5, 0.6) is 0 Å². The maximum Gasteiger partial charge on any atom is 0.161 e. The molecule has 0 saturated heterocycles. The van der Waals surface area contributed by atoms with Gasteiger partial charge in [-0.1, -0.05) is 13.8 Å². The second-order valence-electron chi connectivity index (χ2n) is 10.0. The van der Waals surface area contributed by atoms with Crippen LogP contribution < -0.4 is 0 Å². The number of Topliss-reactive ketones (excluding diaryl/α,β-unsaturated/α-hetero) is 1. The molecule has 4 rings (SSSR count). The molecule has 1 unspecified atom stereocenters. The Hall–Kier alpha value is -0.450. The molecule has 4 aliphatic rings. The van der Waals surface area contributed by atoms with Crippen LogP contribution in [0.2, 0.25) is 0 Å². The largest absolute Gasteiger partial charge is 0.393 e. The van der Waals surface area contributed by atoms with E-state index in [0.29, 0.717) is 30.1 Å². The predicted molar refractivity (Wildman–Crippen MR) is 94.7 cm³/mol. The van der Waals surface area contributed by atoms with E-state index in [1.165, 1.54) is 0 Å². The van der Waals surface area contributed by atoms with Crippen molar-refractivity contribution >= 4 is 5.78 Å². The average molecular weight is 350 g/mol. The third kappa shape index (κ3) is 2.47. The van der Waals surface area contributed by atoms with Gasteiger partial charge in [-0.15, -0.1) is 0 Å². The third-order valence-electron chi connectivity index (χ3n) is 9.11. The lowest BCUT2D eigenvalue weighted by Gasteiger charge is -2.62. The summed E-state index contributed by atoms with van der Waals surface area (Å²) in [6.45, 7) is 4.19. The third-order valence-corrected chi connectivity index (χ3v) is 9.11. The van der Waals surface area contributed by atoms with E-state index >= 15 is 0 Å². The molecule has 142 valence electrons. The molecule has 25 heavy (non-hydrogen) atoms. The monoisotopic (exact) mass is 350 g/mol. The quantitative estimate of drug-likeness (QED) is 0.715. The molecular formula is C21H34O4. The smallest absolute Gasteiger partial charge is 0.161 e. The summed E-state index contributed by atoms with van der Waals surface area (Å²) >= 11 is 0. The van der Waals surface area contributed by atoms with Crippen LogP contribution in [0.15, 0.2) is 0 Å². The molecule has 0 aromatic rings. The fourth-order valence-electron chi connectivity index (χ4n) is 8.00. The van der Waals surface area contributed by atoms with Gasteiger partial charge in [0.25, 0.3) is 0 Å². The molecule has 9 atom stereocenters. The number of fused-ring (bicyclic) bond motifs is 5. The fraction of sp³-hybridized carbons (Fsp3) is 0.952. The van der Waals surface area contributed by atoms with Gasteiger partial charge in [0.1, 0.15) is 6.61 Å². The number of hydrogen-bond donors (Lipinski definition) is 3. The van der Waals surface area contributed by atoms with Gasteiger partial charge in [0.05, 0.1) is 12.2 Å². The van der Waals surface area contributed by atoms with E-state index in [1.807, 2.05) is 0 Å². The van der Waals surface area contributed by atoms with Crippen molar-refractivity contribution in [1.82, 2.24) is 0 Å². The number of aliphatic hydroxyl groups is 3. The van der Waals surface area contributed by atoms with E-state index in [-0.39, 0.29) is 41.3 Å². The van der Waals surface area contributed by atoms with Crippen molar-refractivity contribution in [3.05, 3.63) is 0 Å². The standard InChI is InChI=1S/C21H34O4/c1-20-8-7-13(23)9-12(20)3-4-14-15-5-6-16(18(25)11-22)21(15,2)10-17(24)19(14)20/h12-17,19,22-24H,3-11H2,1-2H3/t12-,13-,14-,15-,16+,17?,19+,20-,21-/m0/s1. The van der Waals surface area contributed by atoms with Crippen LogP contribution in [-0.2, 0) is 4.79 Å².